The Hall–Kier alpha value is -2.31. The van der Waals surface area contributed by atoms with Crippen LogP contribution in [-0.2, 0) is 4.79 Å². The van der Waals surface area contributed by atoms with Gasteiger partial charge < -0.3 is 20.8 Å². The lowest BCUT2D eigenvalue weighted by Crippen LogP contribution is -2.35. The maximum absolute atomic E-state index is 11.8. The van der Waals surface area contributed by atoms with E-state index in [1.807, 2.05) is 30.3 Å². The van der Waals surface area contributed by atoms with Crippen molar-refractivity contribution in [3.8, 4) is 0 Å². The molecule has 0 spiro atoms. The van der Waals surface area contributed by atoms with E-state index < -0.39 is 0 Å². The third kappa shape index (κ3) is 6.14. The van der Waals surface area contributed by atoms with Gasteiger partial charge in [0.05, 0.1) is 6.26 Å². The van der Waals surface area contributed by atoms with Crippen LogP contribution < -0.4 is 16.4 Å². The minimum Gasteiger partial charge on any atom is -0.459 e. The minimum atomic E-state index is -0.334. The molecular formula is C16H20ClN3O3. The quantitative estimate of drug-likeness (QED) is 0.669. The molecule has 0 bridgehead atoms. The van der Waals surface area contributed by atoms with E-state index >= 15 is 0 Å². The molecule has 2 amide bonds. The number of furan rings is 1. The number of rotatable bonds is 7. The van der Waals surface area contributed by atoms with E-state index in [0.29, 0.717) is 13.1 Å². The molecule has 1 heterocycles. The van der Waals surface area contributed by atoms with Gasteiger partial charge >= 0.3 is 0 Å². The van der Waals surface area contributed by atoms with Crippen molar-refractivity contribution in [2.45, 2.75) is 12.5 Å². The number of carbonyl (C=O) groups is 2. The summed E-state index contributed by atoms with van der Waals surface area (Å²) in [6, 6.07) is 12.3. The lowest BCUT2D eigenvalue weighted by atomic mass is 10.0. The number of nitrogens with one attached hydrogen (secondary N) is 2. The zero-order chi connectivity index (χ0) is 15.8. The third-order valence-corrected chi connectivity index (χ3v) is 3.11. The second-order valence-corrected chi connectivity index (χ2v) is 4.80. The van der Waals surface area contributed by atoms with E-state index in [1.54, 1.807) is 12.1 Å². The summed E-state index contributed by atoms with van der Waals surface area (Å²) in [5.41, 5.74) is 6.89. The van der Waals surface area contributed by atoms with Crippen molar-refractivity contribution < 1.29 is 14.0 Å². The van der Waals surface area contributed by atoms with E-state index in [1.165, 1.54) is 6.26 Å². The number of nitrogens with two attached hydrogens (primary N) is 1. The van der Waals surface area contributed by atoms with Gasteiger partial charge in [-0.15, -0.1) is 12.4 Å². The van der Waals surface area contributed by atoms with Crippen LogP contribution >= 0.6 is 12.4 Å². The first-order valence-corrected chi connectivity index (χ1v) is 7.06. The average molecular weight is 338 g/mol. The van der Waals surface area contributed by atoms with Crippen LogP contribution in [0.25, 0.3) is 0 Å². The molecule has 6 nitrogen and oxygen atoms in total. The highest BCUT2D eigenvalue weighted by Crippen LogP contribution is 2.12. The fourth-order valence-electron chi connectivity index (χ4n) is 1.96. The molecule has 124 valence electrons. The van der Waals surface area contributed by atoms with Crippen molar-refractivity contribution in [1.29, 1.82) is 0 Å². The van der Waals surface area contributed by atoms with Crippen LogP contribution in [-0.4, -0.2) is 24.9 Å². The van der Waals surface area contributed by atoms with Crippen molar-refractivity contribution in [2.24, 2.45) is 5.73 Å². The van der Waals surface area contributed by atoms with Crippen molar-refractivity contribution in [3.05, 3.63) is 60.1 Å². The Kier molecular flexibility index (Phi) is 7.87. The molecular weight excluding hydrogens is 318 g/mol. The van der Waals surface area contributed by atoms with E-state index in [4.69, 9.17) is 10.2 Å². The van der Waals surface area contributed by atoms with Gasteiger partial charge in [0, 0.05) is 25.6 Å². The normalized spacial score (nSPS) is 11.2. The van der Waals surface area contributed by atoms with Crippen molar-refractivity contribution in [2.75, 3.05) is 13.1 Å². The topological polar surface area (TPSA) is 97.4 Å². The number of benzene rings is 1. The van der Waals surface area contributed by atoms with E-state index in [0.717, 1.165) is 5.56 Å². The van der Waals surface area contributed by atoms with Crippen LogP contribution in [0.1, 0.15) is 28.6 Å². The summed E-state index contributed by atoms with van der Waals surface area (Å²) in [6.45, 7) is 0.665. The van der Waals surface area contributed by atoms with Crippen LogP contribution in [0.4, 0.5) is 0 Å². The largest absolute Gasteiger partial charge is 0.459 e. The summed E-state index contributed by atoms with van der Waals surface area (Å²) < 4.78 is 4.96. The number of carbonyl (C=O) groups excluding carboxylic acids is 2. The minimum absolute atomic E-state index is 0. The third-order valence-electron chi connectivity index (χ3n) is 3.11. The van der Waals surface area contributed by atoms with Gasteiger partial charge in [-0.05, 0) is 17.7 Å². The zero-order valence-corrected chi connectivity index (χ0v) is 13.3. The standard InChI is InChI=1S/C16H19N3O3.ClH/c17-13(12-5-2-1-3-6-12)11-15(20)18-8-9-19-16(21)14-7-4-10-22-14;/h1-7,10,13H,8-9,11,17H2,(H,18,20)(H,19,21);1H. The highest BCUT2D eigenvalue weighted by Gasteiger charge is 2.11. The lowest BCUT2D eigenvalue weighted by Gasteiger charge is -2.12. The molecule has 0 fully saturated rings. The molecule has 1 atom stereocenters. The fourth-order valence-corrected chi connectivity index (χ4v) is 1.96. The van der Waals surface area contributed by atoms with E-state index in [-0.39, 0.29) is 42.4 Å². The molecule has 0 saturated carbocycles. The Labute approximate surface area is 140 Å². The predicted molar refractivity (Wildman–Crippen MR) is 89.3 cm³/mol. The van der Waals surface area contributed by atoms with Gasteiger partial charge in [0.2, 0.25) is 5.91 Å². The molecule has 0 aliphatic heterocycles. The van der Waals surface area contributed by atoms with E-state index in [9.17, 15) is 9.59 Å². The molecule has 1 aromatic heterocycles. The SMILES string of the molecule is Cl.NC(CC(=O)NCCNC(=O)c1ccco1)c1ccccc1. The molecule has 23 heavy (non-hydrogen) atoms. The van der Waals surface area contributed by atoms with Crippen LogP contribution in [0.5, 0.6) is 0 Å². The lowest BCUT2D eigenvalue weighted by molar-refractivity contribution is -0.121. The van der Waals surface area contributed by atoms with Gasteiger partial charge in [0.15, 0.2) is 5.76 Å². The van der Waals surface area contributed by atoms with Gasteiger partial charge in [0.1, 0.15) is 0 Å². The van der Waals surface area contributed by atoms with Crippen LogP contribution in [0.2, 0.25) is 0 Å². The van der Waals surface area contributed by atoms with Crippen molar-refractivity contribution in [1.82, 2.24) is 10.6 Å². The highest BCUT2D eigenvalue weighted by atomic mass is 35.5. The van der Waals surface area contributed by atoms with Crippen molar-refractivity contribution >= 4 is 24.2 Å². The van der Waals surface area contributed by atoms with Gasteiger partial charge in [-0.2, -0.15) is 0 Å². The molecule has 0 aliphatic rings. The molecule has 2 rings (SSSR count). The number of halogens is 1. The summed E-state index contributed by atoms with van der Waals surface area (Å²) in [6.07, 6.45) is 1.64. The monoisotopic (exact) mass is 337 g/mol. The average Bonchev–Trinajstić information content (AvgIpc) is 3.06. The number of hydrogen-bond acceptors (Lipinski definition) is 4. The van der Waals surface area contributed by atoms with Gasteiger partial charge in [-0.25, -0.2) is 0 Å². The molecule has 1 unspecified atom stereocenters. The summed E-state index contributed by atoms with van der Waals surface area (Å²) in [5, 5.41) is 5.37. The maximum Gasteiger partial charge on any atom is 0.287 e. The Morgan fingerprint density at radius 1 is 1.04 bits per heavy atom. The first kappa shape index (κ1) is 18.7. The Morgan fingerprint density at radius 2 is 1.74 bits per heavy atom. The highest BCUT2D eigenvalue weighted by molar-refractivity contribution is 5.91. The molecule has 4 N–H and O–H groups in total. The van der Waals surface area contributed by atoms with Crippen LogP contribution in [0.3, 0.4) is 0 Å². The molecule has 0 aliphatic carbocycles. The first-order valence-electron chi connectivity index (χ1n) is 7.06. The summed E-state index contributed by atoms with van der Waals surface area (Å²) in [5.74, 6) is -0.207. The smallest absolute Gasteiger partial charge is 0.287 e. The van der Waals surface area contributed by atoms with Crippen LogP contribution in [0, 0.1) is 0 Å². The van der Waals surface area contributed by atoms with Crippen LogP contribution in [0.15, 0.2) is 53.1 Å². The van der Waals surface area contributed by atoms with Gasteiger partial charge in [-0.1, -0.05) is 30.3 Å². The molecule has 7 heteroatoms. The second-order valence-electron chi connectivity index (χ2n) is 4.80. The summed E-state index contributed by atoms with van der Waals surface area (Å²) >= 11 is 0. The summed E-state index contributed by atoms with van der Waals surface area (Å²) in [4.78, 5) is 23.4. The predicted octanol–water partition coefficient (Wildman–Crippen LogP) is 1.64. The fraction of sp³-hybridized carbons (Fsp3) is 0.250. The van der Waals surface area contributed by atoms with Gasteiger partial charge in [0.25, 0.3) is 5.91 Å². The van der Waals surface area contributed by atoms with Crippen molar-refractivity contribution in [3.63, 3.8) is 0 Å². The molecule has 2 aromatic rings. The van der Waals surface area contributed by atoms with E-state index in [2.05, 4.69) is 10.6 Å². The Balaban J connectivity index is 0.00000264. The molecule has 0 radical (unpaired) electrons. The Bertz CT molecular complexity index is 602. The molecule has 0 saturated heterocycles. The molecule has 1 aromatic carbocycles. The number of hydrogen-bond donors (Lipinski definition) is 3. The first-order chi connectivity index (χ1) is 10.7. The maximum atomic E-state index is 11.8. The zero-order valence-electron chi connectivity index (χ0n) is 12.5. The Morgan fingerprint density at radius 3 is 2.39 bits per heavy atom. The second kappa shape index (κ2) is 9.66. The number of amides is 2. The summed E-state index contributed by atoms with van der Waals surface area (Å²) in [7, 11) is 0. The van der Waals surface area contributed by atoms with Gasteiger partial charge in [-0.3, -0.25) is 9.59 Å².